The summed E-state index contributed by atoms with van der Waals surface area (Å²) in [5.41, 5.74) is -5.35. The minimum absolute atomic E-state index is 0.194. The van der Waals surface area contributed by atoms with E-state index < -0.39 is 31.5 Å². The van der Waals surface area contributed by atoms with Crippen LogP contribution < -0.4 is 4.18 Å². The van der Waals surface area contributed by atoms with E-state index in [4.69, 9.17) is 4.55 Å². The molecule has 11 heteroatoms. The molecule has 0 aromatic heterocycles. The fourth-order valence-electron chi connectivity index (χ4n) is 0.973. The first-order chi connectivity index (χ1) is 8.91. The number of hydrogen-bond donors (Lipinski definition) is 1. The first-order valence-corrected chi connectivity index (χ1v) is 7.58. The van der Waals surface area contributed by atoms with Gasteiger partial charge in [0, 0.05) is 0 Å². The molecule has 0 unspecified atom stereocenters. The molecule has 20 heavy (non-hydrogen) atoms. The van der Waals surface area contributed by atoms with E-state index in [0.29, 0.717) is 5.41 Å². The van der Waals surface area contributed by atoms with Crippen molar-refractivity contribution in [3.63, 3.8) is 0 Å². The average molecular weight is 332 g/mol. The number of hydrogen-bond acceptors (Lipinski definition) is 5. The van der Waals surface area contributed by atoms with E-state index >= 15 is 0 Å². The summed E-state index contributed by atoms with van der Waals surface area (Å²) in [6.45, 7) is 0. The van der Waals surface area contributed by atoms with Gasteiger partial charge in [0.1, 0.15) is 5.75 Å². The first kappa shape index (κ1) is 16.5. The van der Waals surface area contributed by atoms with Gasteiger partial charge in [-0.1, -0.05) is 12.1 Å². The molecule has 0 aliphatic heterocycles. The van der Waals surface area contributed by atoms with Crippen LogP contribution in [0.1, 0.15) is 5.56 Å². The molecule has 0 amide bonds. The maximum atomic E-state index is 12.0. The van der Waals surface area contributed by atoms with Gasteiger partial charge in [0.2, 0.25) is 0 Å². The Kier molecular flexibility index (Phi) is 4.46. The van der Waals surface area contributed by atoms with Crippen molar-refractivity contribution in [3.05, 3.63) is 35.2 Å². The van der Waals surface area contributed by atoms with E-state index in [-0.39, 0.29) is 5.56 Å². The highest BCUT2D eigenvalue weighted by molar-refractivity contribution is 7.89. The molecule has 0 atom stereocenters. The van der Waals surface area contributed by atoms with E-state index in [2.05, 4.69) is 4.18 Å². The van der Waals surface area contributed by atoms with Crippen molar-refractivity contribution in [3.8, 4) is 5.75 Å². The van der Waals surface area contributed by atoms with Gasteiger partial charge in [-0.25, -0.2) is 0 Å². The van der Waals surface area contributed by atoms with Crippen molar-refractivity contribution < 1.29 is 38.7 Å². The Morgan fingerprint density at radius 2 is 1.55 bits per heavy atom. The zero-order valence-electron chi connectivity index (χ0n) is 9.40. The summed E-state index contributed by atoms with van der Waals surface area (Å²) >= 11 is 0. The van der Waals surface area contributed by atoms with Crippen molar-refractivity contribution in [1.29, 1.82) is 0 Å². The lowest BCUT2D eigenvalue weighted by Gasteiger charge is -2.09. The maximum absolute atomic E-state index is 12.0. The standard InChI is InChI=1S/C9H7F3O6S2/c10-9(11,12)20(16,17)18-8-3-1-7(2-4-8)5-6-19(13,14)15/h1-6H,(H,13,14,15)/b6-5+. The predicted molar refractivity (Wildman–Crippen MR) is 62.6 cm³/mol. The quantitative estimate of drug-likeness (QED) is 0.513. The van der Waals surface area contributed by atoms with Crippen LogP contribution in [0.5, 0.6) is 5.75 Å². The smallest absolute Gasteiger partial charge is 0.376 e. The summed E-state index contributed by atoms with van der Waals surface area (Å²) in [5.74, 6) is -0.591. The van der Waals surface area contributed by atoms with Gasteiger partial charge >= 0.3 is 15.6 Å². The third-order valence-electron chi connectivity index (χ3n) is 1.80. The van der Waals surface area contributed by atoms with Crippen molar-refractivity contribution in [1.82, 2.24) is 0 Å². The molecule has 1 rings (SSSR count). The summed E-state index contributed by atoms with van der Waals surface area (Å²) in [6.07, 6.45) is 0.956. The molecule has 112 valence electrons. The van der Waals surface area contributed by atoms with Crippen molar-refractivity contribution in [2.45, 2.75) is 5.51 Å². The Bertz CT molecular complexity index is 701. The van der Waals surface area contributed by atoms with Crippen LogP contribution in [0.3, 0.4) is 0 Å². The van der Waals surface area contributed by atoms with Gasteiger partial charge in [-0.15, -0.1) is 0 Å². The van der Waals surface area contributed by atoms with Crippen LogP contribution in [0.2, 0.25) is 0 Å². The van der Waals surface area contributed by atoms with Crippen LogP contribution in [0.4, 0.5) is 13.2 Å². The van der Waals surface area contributed by atoms with Gasteiger partial charge in [-0.05, 0) is 23.8 Å². The molecule has 1 N–H and O–H groups in total. The third kappa shape index (κ3) is 4.83. The first-order valence-electron chi connectivity index (χ1n) is 4.67. The van der Waals surface area contributed by atoms with E-state index in [0.717, 1.165) is 30.3 Å². The van der Waals surface area contributed by atoms with E-state index in [9.17, 15) is 30.0 Å². The van der Waals surface area contributed by atoms with Crippen molar-refractivity contribution in [2.24, 2.45) is 0 Å². The topological polar surface area (TPSA) is 97.7 Å². The second-order valence-electron chi connectivity index (χ2n) is 3.37. The molecule has 0 fully saturated rings. The summed E-state index contributed by atoms with van der Waals surface area (Å²) in [4.78, 5) is 0. The van der Waals surface area contributed by atoms with Crippen LogP contribution in [-0.4, -0.2) is 26.9 Å². The van der Waals surface area contributed by atoms with Gasteiger partial charge in [0.05, 0.1) is 5.41 Å². The average Bonchev–Trinajstić information content (AvgIpc) is 2.25. The maximum Gasteiger partial charge on any atom is 0.534 e. The highest BCUT2D eigenvalue weighted by atomic mass is 32.2. The zero-order valence-corrected chi connectivity index (χ0v) is 11.0. The number of alkyl halides is 3. The predicted octanol–water partition coefficient (Wildman–Crippen LogP) is 1.77. The molecule has 0 bridgehead atoms. The lowest BCUT2D eigenvalue weighted by atomic mass is 10.2. The molecule has 0 saturated carbocycles. The minimum Gasteiger partial charge on any atom is -0.376 e. The SMILES string of the molecule is O=S(=O)(O)/C=C/c1ccc(OS(=O)(=O)C(F)(F)F)cc1. The van der Waals surface area contributed by atoms with Gasteiger partial charge < -0.3 is 4.18 Å². The summed E-state index contributed by atoms with van der Waals surface area (Å²) in [6, 6.07) is 3.99. The number of halogens is 3. The van der Waals surface area contributed by atoms with E-state index in [1.165, 1.54) is 0 Å². The summed E-state index contributed by atoms with van der Waals surface area (Å²) in [5, 5.41) is 0.454. The van der Waals surface area contributed by atoms with Gasteiger partial charge in [-0.2, -0.15) is 30.0 Å². The summed E-state index contributed by atoms with van der Waals surface area (Å²) < 4.78 is 90.5. The van der Waals surface area contributed by atoms with Crippen LogP contribution >= 0.6 is 0 Å². The molecule has 0 spiro atoms. The Balaban J connectivity index is 2.91. The lowest BCUT2D eigenvalue weighted by molar-refractivity contribution is -0.0500. The monoisotopic (exact) mass is 332 g/mol. The van der Waals surface area contributed by atoms with E-state index in [1.54, 1.807) is 0 Å². The molecule has 0 aliphatic rings. The Morgan fingerprint density at radius 1 is 1.05 bits per heavy atom. The van der Waals surface area contributed by atoms with Crippen LogP contribution in [0.25, 0.3) is 6.08 Å². The van der Waals surface area contributed by atoms with Gasteiger partial charge in [0.15, 0.2) is 0 Å². The molecule has 0 radical (unpaired) electrons. The molecular formula is C9H7F3O6S2. The van der Waals surface area contributed by atoms with Crippen LogP contribution in [0.15, 0.2) is 29.7 Å². The minimum atomic E-state index is -5.75. The normalized spacial score (nSPS) is 13.6. The lowest BCUT2D eigenvalue weighted by Crippen LogP contribution is -2.28. The highest BCUT2D eigenvalue weighted by Crippen LogP contribution is 2.27. The Hall–Kier alpha value is -1.59. The zero-order chi connectivity index (χ0) is 15.6. The van der Waals surface area contributed by atoms with Crippen LogP contribution in [-0.2, 0) is 20.2 Å². The summed E-state index contributed by atoms with van der Waals surface area (Å²) in [7, 11) is -10.1. The molecule has 1 aromatic rings. The van der Waals surface area contributed by atoms with Crippen molar-refractivity contribution >= 4 is 26.3 Å². The largest absolute Gasteiger partial charge is 0.534 e. The number of rotatable bonds is 4. The van der Waals surface area contributed by atoms with E-state index in [1.807, 2.05) is 0 Å². The second-order valence-corrected chi connectivity index (χ2v) is 6.21. The van der Waals surface area contributed by atoms with Gasteiger partial charge in [-0.3, -0.25) is 4.55 Å². The fraction of sp³-hybridized carbons (Fsp3) is 0.111. The van der Waals surface area contributed by atoms with Gasteiger partial charge in [0.25, 0.3) is 10.1 Å². The fourth-order valence-corrected chi connectivity index (χ4v) is 1.76. The molecule has 0 saturated heterocycles. The molecule has 1 aromatic carbocycles. The van der Waals surface area contributed by atoms with Crippen molar-refractivity contribution in [2.75, 3.05) is 0 Å². The highest BCUT2D eigenvalue weighted by Gasteiger charge is 2.48. The second kappa shape index (κ2) is 5.42. The Morgan fingerprint density at radius 3 is 1.95 bits per heavy atom. The van der Waals surface area contributed by atoms with Crippen LogP contribution in [0, 0.1) is 0 Å². The molecule has 0 heterocycles. The Labute approximate surface area is 112 Å². The molecule has 0 aliphatic carbocycles. The molecular weight excluding hydrogens is 325 g/mol. The molecule has 6 nitrogen and oxygen atoms in total. The number of benzene rings is 1. The third-order valence-corrected chi connectivity index (χ3v) is 3.26.